The molecule has 7 heteroatoms. The molecule has 3 rings (SSSR count). The van der Waals surface area contributed by atoms with Crippen molar-refractivity contribution >= 4 is 11.4 Å². The fourth-order valence-electron chi connectivity index (χ4n) is 3.93. The molecule has 1 saturated carbocycles. The van der Waals surface area contributed by atoms with Gasteiger partial charge in [-0.05, 0) is 74.3 Å². The van der Waals surface area contributed by atoms with Crippen LogP contribution < -0.4 is 0 Å². The number of nitrogens with zero attached hydrogens (tertiary/aromatic N) is 2. The summed E-state index contributed by atoms with van der Waals surface area (Å²) in [6, 6.07) is 11.8. The number of hydrogen-bond donors (Lipinski definition) is 2. The van der Waals surface area contributed by atoms with Gasteiger partial charge in [0.1, 0.15) is 12.4 Å². The fraction of sp³-hybridized carbons (Fsp3) is 0.435. The predicted octanol–water partition coefficient (Wildman–Crippen LogP) is 4.72. The highest BCUT2D eigenvalue weighted by atomic mass is 16.6. The molecule has 2 aromatic rings. The number of phenolic OH excluding ortho intramolecular Hbond substituents is 1. The van der Waals surface area contributed by atoms with Crippen LogP contribution in [0.2, 0.25) is 0 Å². The van der Waals surface area contributed by atoms with E-state index in [9.17, 15) is 20.3 Å². The van der Waals surface area contributed by atoms with Gasteiger partial charge in [-0.25, -0.2) is 0 Å². The molecule has 0 radical (unpaired) electrons. The summed E-state index contributed by atoms with van der Waals surface area (Å²) in [7, 11) is 0. The van der Waals surface area contributed by atoms with Gasteiger partial charge in [0.25, 0.3) is 5.69 Å². The normalized spacial score (nSPS) is 19.5. The topological polar surface area (TPSA) is 105 Å². The minimum absolute atomic E-state index is 0.0395. The van der Waals surface area contributed by atoms with Crippen molar-refractivity contribution < 1.29 is 20.0 Å². The summed E-state index contributed by atoms with van der Waals surface area (Å²) in [4.78, 5) is 16.0. The van der Waals surface area contributed by atoms with Crippen LogP contribution in [0.4, 0.5) is 5.69 Å². The molecule has 0 unspecified atom stereocenters. The van der Waals surface area contributed by atoms with Gasteiger partial charge >= 0.3 is 0 Å². The number of aliphatic hydroxyl groups is 1. The average Bonchev–Trinajstić information content (AvgIpc) is 2.75. The molecule has 0 atom stereocenters. The van der Waals surface area contributed by atoms with E-state index in [1.54, 1.807) is 18.2 Å². The van der Waals surface area contributed by atoms with E-state index in [-0.39, 0.29) is 30.6 Å². The number of hydrogen-bond acceptors (Lipinski definition) is 6. The number of phenols is 1. The maximum Gasteiger partial charge on any atom is 0.269 e. The number of nitro benzene ring substituents is 1. The van der Waals surface area contributed by atoms with Crippen molar-refractivity contribution in [3.63, 3.8) is 0 Å². The first-order valence-corrected chi connectivity index (χ1v) is 10.3. The maximum atomic E-state index is 10.8. The van der Waals surface area contributed by atoms with Crippen LogP contribution in [0.25, 0.3) is 0 Å². The van der Waals surface area contributed by atoms with Crippen molar-refractivity contribution in [1.29, 1.82) is 0 Å². The van der Waals surface area contributed by atoms with Crippen molar-refractivity contribution in [1.82, 2.24) is 0 Å². The Morgan fingerprint density at radius 1 is 1.17 bits per heavy atom. The van der Waals surface area contributed by atoms with Gasteiger partial charge in [-0.3, -0.25) is 10.1 Å². The molecular weight excluding hydrogens is 384 g/mol. The lowest BCUT2D eigenvalue weighted by Crippen LogP contribution is -2.23. The van der Waals surface area contributed by atoms with E-state index in [0.717, 1.165) is 54.5 Å². The highest BCUT2D eigenvalue weighted by Crippen LogP contribution is 2.34. The summed E-state index contributed by atoms with van der Waals surface area (Å²) in [6.07, 6.45) is 4.81. The molecule has 0 amide bonds. The van der Waals surface area contributed by atoms with Crippen LogP contribution in [0.15, 0.2) is 47.6 Å². The van der Waals surface area contributed by atoms with Crippen LogP contribution in [0.5, 0.6) is 5.75 Å². The molecule has 2 N–H and O–H groups in total. The van der Waals surface area contributed by atoms with Crippen molar-refractivity contribution in [3.8, 4) is 5.75 Å². The number of benzene rings is 2. The highest BCUT2D eigenvalue weighted by molar-refractivity contribution is 6.02. The molecule has 2 aromatic carbocycles. The van der Waals surface area contributed by atoms with E-state index in [2.05, 4.69) is 5.16 Å². The monoisotopic (exact) mass is 412 g/mol. The number of aromatic hydroxyl groups is 1. The zero-order valence-corrected chi connectivity index (χ0v) is 17.2. The summed E-state index contributed by atoms with van der Waals surface area (Å²) in [5.41, 5.74) is 3.29. The molecule has 0 spiro atoms. The molecule has 1 aliphatic carbocycles. The first-order chi connectivity index (χ1) is 14.5. The van der Waals surface area contributed by atoms with E-state index in [0.29, 0.717) is 5.92 Å². The minimum Gasteiger partial charge on any atom is -0.508 e. The number of non-ortho nitro benzene ring substituents is 1. The van der Waals surface area contributed by atoms with Gasteiger partial charge < -0.3 is 15.1 Å². The Balaban J connectivity index is 1.75. The Bertz CT molecular complexity index is 887. The minimum atomic E-state index is -0.433. The number of rotatable bonds is 8. The molecule has 0 aliphatic heterocycles. The molecule has 1 fully saturated rings. The first-order valence-electron chi connectivity index (χ1n) is 10.3. The smallest absolute Gasteiger partial charge is 0.269 e. The number of oxime groups is 1. The van der Waals surface area contributed by atoms with Gasteiger partial charge in [0.15, 0.2) is 0 Å². The van der Waals surface area contributed by atoms with Crippen LogP contribution in [0, 0.1) is 28.9 Å². The number of aryl methyl sites for hydroxylation is 1. The van der Waals surface area contributed by atoms with Gasteiger partial charge in [0.2, 0.25) is 0 Å². The third-order valence-electron chi connectivity index (χ3n) is 5.82. The molecule has 1 aliphatic rings. The quantitative estimate of drug-likeness (QED) is 0.371. The van der Waals surface area contributed by atoms with Crippen LogP contribution >= 0.6 is 0 Å². The van der Waals surface area contributed by atoms with E-state index in [1.807, 2.05) is 19.1 Å². The summed E-state index contributed by atoms with van der Waals surface area (Å²) in [6.45, 7) is 2.28. The second-order valence-electron chi connectivity index (χ2n) is 7.90. The van der Waals surface area contributed by atoms with Gasteiger partial charge in [-0.15, -0.1) is 0 Å². The van der Waals surface area contributed by atoms with E-state index in [1.165, 1.54) is 12.1 Å². The van der Waals surface area contributed by atoms with Gasteiger partial charge in [0, 0.05) is 30.2 Å². The molecule has 0 aromatic heterocycles. The Morgan fingerprint density at radius 2 is 1.87 bits per heavy atom. The Morgan fingerprint density at radius 3 is 2.47 bits per heavy atom. The molecule has 7 nitrogen and oxygen atoms in total. The molecule has 0 heterocycles. The second-order valence-corrected chi connectivity index (χ2v) is 7.90. The lowest BCUT2D eigenvalue weighted by molar-refractivity contribution is -0.384. The average molecular weight is 412 g/mol. The van der Waals surface area contributed by atoms with Crippen molar-refractivity contribution in [2.45, 2.75) is 45.6 Å². The molecular formula is C23H28N2O5. The van der Waals surface area contributed by atoms with Gasteiger partial charge in [-0.2, -0.15) is 0 Å². The fourth-order valence-corrected chi connectivity index (χ4v) is 3.93. The van der Waals surface area contributed by atoms with Crippen LogP contribution in [-0.4, -0.2) is 27.5 Å². The predicted molar refractivity (Wildman–Crippen MR) is 114 cm³/mol. The van der Waals surface area contributed by atoms with Crippen molar-refractivity contribution in [3.05, 3.63) is 69.3 Å². The molecule has 0 bridgehead atoms. The number of nitro groups is 1. The maximum absolute atomic E-state index is 10.8. The zero-order valence-electron chi connectivity index (χ0n) is 17.2. The van der Waals surface area contributed by atoms with Gasteiger partial charge in [0.05, 0.1) is 10.6 Å². The third kappa shape index (κ3) is 5.57. The van der Waals surface area contributed by atoms with E-state index >= 15 is 0 Å². The first kappa shape index (κ1) is 21.8. The van der Waals surface area contributed by atoms with Crippen LogP contribution in [0.1, 0.15) is 48.8 Å². The lowest BCUT2D eigenvalue weighted by atomic mass is 9.77. The Kier molecular flexibility index (Phi) is 7.41. The second kappa shape index (κ2) is 10.2. The summed E-state index contributed by atoms with van der Waals surface area (Å²) >= 11 is 0. The SMILES string of the molecule is Cc1ccc(C(=NOCc2ccc([N+](=O)[O-])cc2)[C@H]2CC[C@H](CCO)CC2)cc1O. The molecule has 30 heavy (non-hydrogen) atoms. The largest absolute Gasteiger partial charge is 0.508 e. The summed E-state index contributed by atoms with van der Waals surface area (Å²) in [5.74, 6) is 0.989. The van der Waals surface area contributed by atoms with E-state index < -0.39 is 4.92 Å². The summed E-state index contributed by atoms with van der Waals surface area (Å²) < 4.78 is 0. The third-order valence-corrected chi connectivity index (χ3v) is 5.82. The van der Waals surface area contributed by atoms with Gasteiger partial charge in [-0.1, -0.05) is 17.3 Å². The lowest BCUT2D eigenvalue weighted by Gasteiger charge is -2.29. The van der Waals surface area contributed by atoms with Crippen LogP contribution in [0.3, 0.4) is 0 Å². The Hall–Kier alpha value is -2.93. The van der Waals surface area contributed by atoms with E-state index in [4.69, 9.17) is 4.84 Å². The highest BCUT2D eigenvalue weighted by Gasteiger charge is 2.26. The van der Waals surface area contributed by atoms with Crippen molar-refractivity contribution in [2.24, 2.45) is 17.0 Å². The van der Waals surface area contributed by atoms with Crippen molar-refractivity contribution in [2.75, 3.05) is 6.61 Å². The molecule has 0 saturated heterocycles. The Labute approximate surface area is 176 Å². The standard InChI is InChI=1S/C23H28N2O5/c1-16-2-7-20(14-22(16)27)23(19-8-3-17(4-9-19)12-13-26)24-30-15-18-5-10-21(11-6-18)25(28)29/h2,5-7,10-11,14,17,19,26-27H,3-4,8-9,12-13,15H2,1H3/t17-,19-. The zero-order chi connectivity index (χ0) is 21.5. The van der Waals surface area contributed by atoms with Crippen LogP contribution in [-0.2, 0) is 11.4 Å². The summed E-state index contributed by atoms with van der Waals surface area (Å²) in [5, 5.41) is 34.6. The number of aliphatic hydroxyl groups excluding tert-OH is 1. The molecule has 160 valence electrons.